The zero-order valence-electron chi connectivity index (χ0n) is 13.8. The normalized spacial score (nSPS) is 14.9. The summed E-state index contributed by atoms with van der Waals surface area (Å²) in [7, 11) is 0. The maximum atomic E-state index is 12.7. The first kappa shape index (κ1) is 15.4. The molecule has 3 heterocycles. The highest BCUT2D eigenvalue weighted by Gasteiger charge is 2.34. The number of nitrogens with one attached hydrogen (secondary N) is 1. The van der Waals surface area contributed by atoms with Crippen LogP contribution in [0.4, 0.5) is 0 Å². The molecule has 1 atom stereocenters. The molecule has 1 amide bonds. The molecular formula is C18H18N6O. The van der Waals surface area contributed by atoms with Gasteiger partial charge in [-0.05, 0) is 55.5 Å². The molecule has 0 aliphatic heterocycles. The van der Waals surface area contributed by atoms with Gasteiger partial charge in [-0.25, -0.2) is 4.98 Å². The predicted octanol–water partition coefficient (Wildman–Crippen LogP) is 2.25. The molecule has 0 spiro atoms. The average molecular weight is 334 g/mol. The van der Waals surface area contributed by atoms with E-state index in [0.29, 0.717) is 17.4 Å². The number of pyridine rings is 2. The van der Waals surface area contributed by atoms with Crippen LogP contribution in [0.15, 0.2) is 49.2 Å². The van der Waals surface area contributed by atoms with Crippen molar-refractivity contribution >= 4 is 5.91 Å². The lowest BCUT2D eigenvalue weighted by atomic mass is 10.1. The Bertz CT molecular complexity index is 888. The zero-order chi connectivity index (χ0) is 17.2. The summed E-state index contributed by atoms with van der Waals surface area (Å²) in [6, 6.07) is 9.22. The summed E-state index contributed by atoms with van der Waals surface area (Å²) in [5.74, 6) is 0.851. The molecule has 1 fully saturated rings. The maximum absolute atomic E-state index is 12.7. The van der Waals surface area contributed by atoms with Gasteiger partial charge in [0.15, 0.2) is 0 Å². The molecule has 1 N–H and O–H groups in total. The van der Waals surface area contributed by atoms with Crippen molar-refractivity contribution in [2.75, 3.05) is 0 Å². The van der Waals surface area contributed by atoms with Gasteiger partial charge in [0.05, 0.1) is 11.7 Å². The van der Waals surface area contributed by atoms with Crippen LogP contribution in [0.2, 0.25) is 0 Å². The van der Waals surface area contributed by atoms with Crippen LogP contribution < -0.4 is 5.32 Å². The van der Waals surface area contributed by atoms with Gasteiger partial charge >= 0.3 is 0 Å². The van der Waals surface area contributed by atoms with E-state index >= 15 is 0 Å². The Hall–Kier alpha value is -3.09. The molecule has 3 aromatic rings. The Kier molecular flexibility index (Phi) is 3.97. The zero-order valence-corrected chi connectivity index (χ0v) is 13.8. The molecule has 4 rings (SSSR count). The van der Waals surface area contributed by atoms with Crippen LogP contribution in [-0.2, 0) is 0 Å². The van der Waals surface area contributed by atoms with Gasteiger partial charge in [-0.3, -0.25) is 14.3 Å². The number of carbonyl (C=O) groups excluding carboxylic acids is 1. The third kappa shape index (κ3) is 3.40. The van der Waals surface area contributed by atoms with Crippen molar-refractivity contribution in [2.24, 2.45) is 5.92 Å². The molecule has 7 nitrogen and oxygen atoms in total. The summed E-state index contributed by atoms with van der Waals surface area (Å²) in [5, 5.41) is 10.6. The highest BCUT2D eigenvalue weighted by Crippen LogP contribution is 2.40. The van der Waals surface area contributed by atoms with E-state index in [-0.39, 0.29) is 11.9 Å². The highest BCUT2D eigenvalue weighted by molar-refractivity contribution is 5.92. The van der Waals surface area contributed by atoms with Crippen LogP contribution >= 0.6 is 0 Å². The van der Waals surface area contributed by atoms with Gasteiger partial charge in [0.2, 0.25) is 0 Å². The van der Waals surface area contributed by atoms with Crippen molar-refractivity contribution in [1.29, 1.82) is 0 Å². The quantitative estimate of drug-likeness (QED) is 0.773. The fraction of sp³-hybridized carbons (Fsp3) is 0.278. The van der Waals surface area contributed by atoms with Crippen molar-refractivity contribution in [3.05, 3.63) is 66.1 Å². The summed E-state index contributed by atoms with van der Waals surface area (Å²) in [5.41, 5.74) is 2.41. The summed E-state index contributed by atoms with van der Waals surface area (Å²) in [6.07, 6.45) is 7.10. The van der Waals surface area contributed by atoms with Crippen LogP contribution in [0.25, 0.3) is 5.82 Å². The van der Waals surface area contributed by atoms with E-state index in [1.165, 1.54) is 0 Å². The minimum Gasteiger partial charge on any atom is -0.342 e. The molecule has 1 aliphatic rings. The first-order valence-corrected chi connectivity index (χ1v) is 8.26. The Morgan fingerprint density at radius 1 is 1.24 bits per heavy atom. The molecule has 1 aliphatic carbocycles. The van der Waals surface area contributed by atoms with Gasteiger partial charge < -0.3 is 5.32 Å². The molecule has 0 aromatic carbocycles. The van der Waals surface area contributed by atoms with Gasteiger partial charge in [-0.15, -0.1) is 10.2 Å². The van der Waals surface area contributed by atoms with Gasteiger partial charge in [0.1, 0.15) is 24.2 Å². The minimum atomic E-state index is -0.199. The Balaban J connectivity index is 1.57. The number of carbonyl (C=O) groups is 1. The monoisotopic (exact) mass is 334 g/mol. The molecule has 0 radical (unpaired) electrons. The van der Waals surface area contributed by atoms with E-state index in [9.17, 15) is 4.79 Å². The lowest BCUT2D eigenvalue weighted by Crippen LogP contribution is -2.31. The Labute approximate surface area is 145 Å². The van der Waals surface area contributed by atoms with Crippen molar-refractivity contribution in [1.82, 2.24) is 30.0 Å². The number of aryl methyl sites for hydroxylation is 1. The number of hydrogen-bond acceptors (Lipinski definition) is 5. The molecule has 126 valence electrons. The molecule has 3 aromatic heterocycles. The van der Waals surface area contributed by atoms with E-state index in [2.05, 4.69) is 25.5 Å². The van der Waals surface area contributed by atoms with E-state index in [1.54, 1.807) is 41.6 Å². The molecule has 7 heteroatoms. The van der Waals surface area contributed by atoms with Gasteiger partial charge in [-0.2, -0.15) is 0 Å². The third-order valence-corrected chi connectivity index (χ3v) is 4.29. The SMILES string of the molecule is Cc1ccnc([C@@H](NC(=O)c2cccc(-n3cnnc3)n2)C2CC2)c1. The van der Waals surface area contributed by atoms with Crippen LogP contribution in [0.1, 0.15) is 40.6 Å². The van der Waals surface area contributed by atoms with Crippen LogP contribution in [-0.4, -0.2) is 30.6 Å². The first-order chi connectivity index (χ1) is 12.2. The average Bonchev–Trinajstić information content (AvgIpc) is 3.32. The van der Waals surface area contributed by atoms with Crippen molar-refractivity contribution in [3.63, 3.8) is 0 Å². The number of hydrogen-bond donors (Lipinski definition) is 1. The fourth-order valence-corrected chi connectivity index (χ4v) is 2.82. The lowest BCUT2D eigenvalue weighted by Gasteiger charge is -2.18. The first-order valence-electron chi connectivity index (χ1n) is 8.26. The molecule has 0 unspecified atom stereocenters. The predicted molar refractivity (Wildman–Crippen MR) is 91.1 cm³/mol. The van der Waals surface area contributed by atoms with Crippen molar-refractivity contribution in [3.8, 4) is 5.82 Å². The third-order valence-electron chi connectivity index (χ3n) is 4.29. The number of rotatable bonds is 5. The smallest absolute Gasteiger partial charge is 0.270 e. The van der Waals surface area contributed by atoms with Crippen molar-refractivity contribution < 1.29 is 4.79 Å². The molecule has 0 bridgehead atoms. The van der Waals surface area contributed by atoms with E-state index in [4.69, 9.17) is 0 Å². The van der Waals surface area contributed by atoms with E-state index in [0.717, 1.165) is 24.1 Å². The summed E-state index contributed by atoms with van der Waals surface area (Å²) in [6.45, 7) is 2.03. The van der Waals surface area contributed by atoms with Gasteiger partial charge in [0, 0.05) is 6.20 Å². The Morgan fingerprint density at radius 3 is 2.76 bits per heavy atom. The van der Waals surface area contributed by atoms with Crippen LogP contribution in [0.3, 0.4) is 0 Å². The second kappa shape index (κ2) is 6.43. The minimum absolute atomic E-state index is 0.0761. The number of aromatic nitrogens is 5. The number of nitrogens with zero attached hydrogens (tertiary/aromatic N) is 5. The fourth-order valence-electron chi connectivity index (χ4n) is 2.82. The van der Waals surface area contributed by atoms with Gasteiger partial charge in [0.25, 0.3) is 5.91 Å². The standard InChI is InChI=1S/C18H18N6O/c1-12-7-8-19-15(9-12)17(13-5-6-13)23-18(25)14-3-2-4-16(22-14)24-10-20-21-11-24/h2-4,7-11,13,17H,5-6H2,1H3,(H,23,25)/t17-/m0/s1. The van der Waals surface area contributed by atoms with E-state index in [1.807, 2.05) is 19.1 Å². The van der Waals surface area contributed by atoms with Crippen LogP contribution in [0.5, 0.6) is 0 Å². The summed E-state index contributed by atoms with van der Waals surface area (Å²) < 4.78 is 1.66. The van der Waals surface area contributed by atoms with Gasteiger partial charge in [-0.1, -0.05) is 6.07 Å². The second-order valence-electron chi connectivity index (χ2n) is 6.30. The second-order valence-corrected chi connectivity index (χ2v) is 6.30. The van der Waals surface area contributed by atoms with Crippen LogP contribution in [0, 0.1) is 12.8 Å². The largest absolute Gasteiger partial charge is 0.342 e. The Morgan fingerprint density at radius 2 is 2.04 bits per heavy atom. The number of amides is 1. The summed E-state index contributed by atoms with van der Waals surface area (Å²) in [4.78, 5) is 21.6. The molecule has 25 heavy (non-hydrogen) atoms. The molecular weight excluding hydrogens is 316 g/mol. The van der Waals surface area contributed by atoms with Crippen molar-refractivity contribution in [2.45, 2.75) is 25.8 Å². The van der Waals surface area contributed by atoms with E-state index < -0.39 is 0 Å². The molecule has 1 saturated carbocycles. The highest BCUT2D eigenvalue weighted by atomic mass is 16.2. The maximum Gasteiger partial charge on any atom is 0.270 e. The lowest BCUT2D eigenvalue weighted by molar-refractivity contribution is 0.0925. The molecule has 0 saturated heterocycles. The topological polar surface area (TPSA) is 85.6 Å². The summed E-state index contributed by atoms with van der Waals surface area (Å²) >= 11 is 0.